The molecular weight excluding hydrogens is 400 g/mol. The van der Waals surface area contributed by atoms with Gasteiger partial charge in [-0.1, -0.05) is 42.5 Å². The molecule has 166 valence electrons. The number of piperazine rings is 1. The summed E-state index contributed by atoms with van der Waals surface area (Å²) in [6.45, 7) is 7.55. The van der Waals surface area contributed by atoms with Crippen LogP contribution in [-0.4, -0.2) is 53.6 Å². The number of hydrogen-bond donors (Lipinski definition) is 1. The molecule has 2 aromatic heterocycles. The van der Waals surface area contributed by atoms with E-state index >= 15 is 0 Å². The molecule has 0 saturated carbocycles. The highest BCUT2D eigenvalue weighted by Gasteiger charge is 2.20. The Morgan fingerprint density at radius 2 is 1.72 bits per heavy atom. The molecule has 1 saturated heterocycles. The summed E-state index contributed by atoms with van der Waals surface area (Å²) in [5, 5.41) is 3.44. The van der Waals surface area contributed by atoms with Gasteiger partial charge in [0.2, 0.25) is 5.88 Å². The summed E-state index contributed by atoms with van der Waals surface area (Å²) >= 11 is 0. The van der Waals surface area contributed by atoms with E-state index in [0.717, 1.165) is 55.6 Å². The minimum Gasteiger partial charge on any atom is -0.473 e. The minimum absolute atomic E-state index is 0.490. The molecule has 32 heavy (non-hydrogen) atoms. The molecule has 3 heterocycles. The van der Waals surface area contributed by atoms with Gasteiger partial charge in [0.05, 0.1) is 6.54 Å². The van der Waals surface area contributed by atoms with Crippen LogP contribution in [0.4, 0.5) is 5.82 Å². The fourth-order valence-corrected chi connectivity index (χ4v) is 3.67. The molecule has 0 aliphatic carbocycles. The van der Waals surface area contributed by atoms with Gasteiger partial charge in [0.25, 0.3) is 0 Å². The van der Waals surface area contributed by atoms with E-state index in [1.54, 1.807) is 6.20 Å². The van der Waals surface area contributed by atoms with Crippen molar-refractivity contribution in [3.8, 4) is 5.88 Å². The molecular formula is C25H30N6O. The largest absolute Gasteiger partial charge is 0.473 e. The number of aromatic nitrogens is 2. The maximum Gasteiger partial charge on any atom is 0.218 e. The van der Waals surface area contributed by atoms with Gasteiger partial charge in [-0.3, -0.25) is 0 Å². The highest BCUT2D eigenvalue weighted by atomic mass is 16.5. The van der Waals surface area contributed by atoms with Crippen molar-refractivity contribution in [1.29, 1.82) is 0 Å². The Morgan fingerprint density at radius 1 is 0.938 bits per heavy atom. The van der Waals surface area contributed by atoms with Gasteiger partial charge < -0.3 is 19.9 Å². The van der Waals surface area contributed by atoms with Crippen molar-refractivity contribution < 1.29 is 4.74 Å². The summed E-state index contributed by atoms with van der Waals surface area (Å²) in [7, 11) is 0. The van der Waals surface area contributed by atoms with Crippen LogP contribution in [0.1, 0.15) is 18.1 Å². The molecule has 0 radical (unpaired) electrons. The van der Waals surface area contributed by atoms with Crippen LogP contribution in [0.2, 0.25) is 0 Å². The molecule has 3 aromatic rings. The molecule has 1 aromatic carbocycles. The van der Waals surface area contributed by atoms with Crippen LogP contribution in [0.15, 0.2) is 78.0 Å². The van der Waals surface area contributed by atoms with E-state index in [0.29, 0.717) is 19.0 Å². The Labute approximate surface area is 189 Å². The van der Waals surface area contributed by atoms with Crippen molar-refractivity contribution in [3.63, 3.8) is 0 Å². The van der Waals surface area contributed by atoms with E-state index in [-0.39, 0.29) is 0 Å². The molecule has 0 atom stereocenters. The third kappa shape index (κ3) is 5.75. The predicted molar refractivity (Wildman–Crippen MR) is 128 cm³/mol. The molecule has 0 bridgehead atoms. The highest BCUT2D eigenvalue weighted by Crippen LogP contribution is 2.18. The van der Waals surface area contributed by atoms with Crippen LogP contribution >= 0.6 is 0 Å². The van der Waals surface area contributed by atoms with E-state index in [1.807, 2.05) is 48.7 Å². The van der Waals surface area contributed by atoms with Gasteiger partial charge in [-0.25, -0.2) is 15.0 Å². The number of hydrogen-bond acceptors (Lipinski definition) is 5. The van der Waals surface area contributed by atoms with Crippen molar-refractivity contribution in [3.05, 3.63) is 84.2 Å². The van der Waals surface area contributed by atoms with Gasteiger partial charge in [-0.2, -0.15) is 0 Å². The van der Waals surface area contributed by atoms with Gasteiger partial charge in [0.1, 0.15) is 12.4 Å². The summed E-state index contributed by atoms with van der Waals surface area (Å²) in [4.78, 5) is 18.4. The lowest BCUT2D eigenvalue weighted by molar-refractivity contribution is 0.290. The molecule has 1 aliphatic heterocycles. The molecule has 1 N–H and O–H groups in total. The number of guanidine groups is 1. The number of rotatable bonds is 7. The third-order valence-corrected chi connectivity index (χ3v) is 5.35. The zero-order valence-corrected chi connectivity index (χ0v) is 18.5. The molecule has 0 unspecified atom stereocenters. The maximum atomic E-state index is 6.00. The normalized spacial score (nSPS) is 14.3. The average Bonchev–Trinajstić information content (AvgIpc) is 2.87. The summed E-state index contributed by atoms with van der Waals surface area (Å²) < 4.78 is 6.00. The molecule has 0 spiro atoms. The number of aliphatic imine (C=N–C) groups is 1. The number of nitrogens with zero attached hydrogens (tertiary/aromatic N) is 5. The Kier molecular flexibility index (Phi) is 7.52. The molecule has 4 rings (SSSR count). The maximum absolute atomic E-state index is 6.00. The zero-order chi connectivity index (χ0) is 22.0. The minimum atomic E-state index is 0.490. The predicted octanol–water partition coefficient (Wildman–Crippen LogP) is 3.34. The number of nitrogens with one attached hydrogen (secondary N) is 1. The smallest absolute Gasteiger partial charge is 0.218 e. The van der Waals surface area contributed by atoms with Gasteiger partial charge in [0.15, 0.2) is 5.96 Å². The van der Waals surface area contributed by atoms with Crippen molar-refractivity contribution in [2.75, 3.05) is 37.6 Å². The molecule has 1 fully saturated rings. The summed E-state index contributed by atoms with van der Waals surface area (Å²) in [5.41, 5.74) is 2.10. The monoisotopic (exact) mass is 430 g/mol. The van der Waals surface area contributed by atoms with Crippen LogP contribution in [0.25, 0.3) is 0 Å². The number of pyridine rings is 2. The van der Waals surface area contributed by atoms with Crippen molar-refractivity contribution in [2.45, 2.75) is 20.1 Å². The first-order valence-electron chi connectivity index (χ1n) is 11.1. The van der Waals surface area contributed by atoms with Crippen LogP contribution in [0.5, 0.6) is 5.88 Å². The van der Waals surface area contributed by atoms with Crippen LogP contribution in [0, 0.1) is 0 Å². The second-order valence-corrected chi connectivity index (χ2v) is 7.57. The lowest BCUT2D eigenvalue weighted by atomic mass is 10.2. The Morgan fingerprint density at radius 3 is 2.47 bits per heavy atom. The second-order valence-electron chi connectivity index (χ2n) is 7.57. The standard InChI is InChI=1S/C25H30N6O/c1-2-26-25(31-17-15-30(16-18-31)23-12-6-7-13-27-23)29-19-22-11-8-14-28-24(22)32-20-21-9-4-3-5-10-21/h3-14H,2,15-20H2,1H3,(H,26,29). The van der Waals surface area contributed by atoms with Crippen LogP contribution < -0.4 is 15.0 Å². The van der Waals surface area contributed by atoms with Gasteiger partial charge in [-0.05, 0) is 30.7 Å². The van der Waals surface area contributed by atoms with Gasteiger partial charge in [-0.15, -0.1) is 0 Å². The molecule has 7 nitrogen and oxygen atoms in total. The lowest BCUT2D eigenvalue weighted by Crippen LogP contribution is -2.52. The summed E-state index contributed by atoms with van der Waals surface area (Å²) in [5.74, 6) is 2.59. The van der Waals surface area contributed by atoms with Crippen LogP contribution in [0.3, 0.4) is 0 Å². The number of ether oxygens (including phenoxy) is 1. The third-order valence-electron chi connectivity index (χ3n) is 5.35. The van der Waals surface area contributed by atoms with Gasteiger partial charge in [0, 0.05) is 50.7 Å². The molecule has 7 heteroatoms. The van der Waals surface area contributed by atoms with E-state index in [2.05, 4.69) is 50.2 Å². The first-order valence-corrected chi connectivity index (χ1v) is 11.1. The van der Waals surface area contributed by atoms with E-state index in [4.69, 9.17) is 9.73 Å². The first kappa shape index (κ1) is 21.6. The van der Waals surface area contributed by atoms with Gasteiger partial charge >= 0.3 is 0 Å². The van der Waals surface area contributed by atoms with E-state index < -0.39 is 0 Å². The Balaban J connectivity index is 1.39. The van der Waals surface area contributed by atoms with E-state index in [9.17, 15) is 0 Å². The lowest BCUT2D eigenvalue weighted by Gasteiger charge is -2.37. The van der Waals surface area contributed by atoms with Crippen molar-refractivity contribution in [2.24, 2.45) is 4.99 Å². The zero-order valence-electron chi connectivity index (χ0n) is 18.5. The SMILES string of the molecule is CCNC(=NCc1cccnc1OCc1ccccc1)N1CCN(c2ccccn2)CC1. The fourth-order valence-electron chi connectivity index (χ4n) is 3.67. The van der Waals surface area contributed by atoms with Crippen molar-refractivity contribution in [1.82, 2.24) is 20.2 Å². The highest BCUT2D eigenvalue weighted by molar-refractivity contribution is 5.80. The number of anilines is 1. The fraction of sp³-hybridized carbons (Fsp3) is 0.320. The molecule has 1 aliphatic rings. The molecule has 0 amide bonds. The second kappa shape index (κ2) is 11.1. The number of benzene rings is 1. The Hall–Kier alpha value is -3.61. The summed E-state index contributed by atoms with van der Waals surface area (Å²) in [6, 6.07) is 20.1. The average molecular weight is 431 g/mol. The van der Waals surface area contributed by atoms with Crippen molar-refractivity contribution >= 4 is 11.8 Å². The quantitative estimate of drug-likeness (QED) is 0.458. The van der Waals surface area contributed by atoms with Crippen LogP contribution in [-0.2, 0) is 13.2 Å². The topological polar surface area (TPSA) is 65.9 Å². The summed E-state index contributed by atoms with van der Waals surface area (Å²) in [6.07, 6.45) is 3.61. The van der Waals surface area contributed by atoms with E-state index in [1.165, 1.54) is 0 Å². The first-order chi connectivity index (χ1) is 15.8. The Bertz CT molecular complexity index is 988.